The molecule has 114 valence electrons. The molecule has 0 spiro atoms. The van der Waals surface area contributed by atoms with Gasteiger partial charge in [0.15, 0.2) is 0 Å². The Morgan fingerprint density at radius 2 is 2.00 bits per heavy atom. The van der Waals surface area contributed by atoms with Crippen LogP contribution in [0.4, 0.5) is 5.69 Å². The number of benzene rings is 2. The maximum atomic E-state index is 12.2. The molecule has 0 aliphatic rings. The van der Waals surface area contributed by atoms with Crippen molar-refractivity contribution in [2.45, 2.75) is 6.92 Å². The fraction of sp³-hybridized carbons (Fsp3) is 0.0526. The lowest BCUT2D eigenvalue weighted by atomic mass is 10.1. The van der Waals surface area contributed by atoms with Gasteiger partial charge in [-0.1, -0.05) is 41.4 Å². The summed E-state index contributed by atoms with van der Waals surface area (Å²) >= 11 is 6.07. The molecule has 2 aromatic carbocycles. The minimum absolute atomic E-state index is 0.209. The lowest BCUT2D eigenvalue weighted by Crippen LogP contribution is -2.08. The first-order valence-electron chi connectivity index (χ1n) is 7.22. The van der Waals surface area contributed by atoms with Crippen molar-refractivity contribution in [3.05, 3.63) is 77.0 Å². The molecule has 0 aliphatic carbocycles. The SMILES string of the molecule is Cc1ccc2nccc(NC(=O)/C=C/c3ccccc3Cl)c2c1. The van der Waals surface area contributed by atoms with Gasteiger partial charge in [0.2, 0.25) is 5.91 Å². The Bertz CT molecular complexity index is 903. The van der Waals surface area contributed by atoms with E-state index in [9.17, 15) is 4.79 Å². The second kappa shape index (κ2) is 6.63. The van der Waals surface area contributed by atoms with Crippen LogP contribution in [-0.4, -0.2) is 10.9 Å². The summed E-state index contributed by atoms with van der Waals surface area (Å²) in [7, 11) is 0. The zero-order chi connectivity index (χ0) is 16.2. The second-order valence-corrected chi connectivity index (χ2v) is 5.63. The molecule has 3 nitrogen and oxygen atoms in total. The van der Waals surface area contributed by atoms with Crippen molar-refractivity contribution in [1.82, 2.24) is 4.98 Å². The molecule has 0 radical (unpaired) electrons. The van der Waals surface area contributed by atoms with Crippen LogP contribution in [0.15, 0.2) is 60.8 Å². The Balaban J connectivity index is 1.83. The standard InChI is InChI=1S/C19H15ClN2O/c1-13-6-8-17-15(12-13)18(10-11-21-17)22-19(23)9-7-14-4-2-3-5-16(14)20/h2-12H,1H3,(H,21,22,23)/b9-7+. The average molecular weight is 323 g/mol. The molecule has 1 N–H and O–H groups in total. The largest absolute Gasteiger partial charge is 0.322 e. The molecule has 4 heteroatoms. The molecule has 3 aromatic rings. The minimum atomic E-state index is -0.209. The van der Waals surface area contributed by atoms with Crippen molar-refractivity contribution in [3.63, 3.8) is 0 Å². The first-order chi connectivity index (χ1) is 11.1. The van der Waals surface area contributed by atoms with E-state index in [4.69, 9.17) is 11.6 Å². The van der Waals surface area contributed by atoms with Crippen LogP contribution in [0.25, 0.3) is 17.0 Å². The zero-order valence-electron chi connectivity index (χ0n) is 12.6. The molecule has 1 amide bonds. The van der Waals surface area contributed by atoms with Crippen molar-refractivity contribution in [3.8, 4) is 0 Å². The minimum Gasteiger partial charge on any atom is -0.322 e. The average Bonchev–Trinajstić information content (AvgIpc) is 2.55. The van der Waals surface area contributed by atoms with Gasteiger partial charge in [0, 0.05) is 22.7 Å². The fourth-order valence-corrected chi connectivity index (χ4v) is 2.52. The fourth-order valence-electron chi connectivity index (χ4n) is 2.32. The van der Waals surface area contributed by atoms with Crippen LogP contribution in [-0.2, 0) is 4.79 Å². The molecule has 1 heterocycles. The number of amides is 1. The number of nitrogens with zero attached hydrogens (tertiary/aromatic N) is 1. The third kappa shape index (κ3) is 3.58. The predicted octanol–water partition coefficient (Wildman–Crippen LogP) is 4.85. The van der Waals surface area contributed by atoms with E-state index in [0.717, 1.165) is 27.7 Å². The highest BCUT2D eigenvalue weighted by Gasteiger charge is 2.05. The van der Waals surface area contributed by atoms with Crippen molar-refractivity contribution in [1.29, 1.82) is 0 Å². The molecule has 0 saturated heterocycles. The number of hydrogen-bond acceptors (Lipinski definition) is 2. The van der Waals surface area contributed by atoms with Gasteiger partial charge in [-0.05, 0) is 42.8 Å². The Hall–Kier alpha value is -2.65. The van der Waals surface area contributed by atoms with Crippen LogP contribution >= 0.6 is 11.6 Å². The van der Waals surface area contributed by atoms with E-state index in [-0.39, 0.29) is 5.91 Å². The van der Waals surface area contributed by atoms with Gasteiger partial charge >= 0.3 is 0 Å². The van der Waals surface area contributed by atoms with Crippen LogP contribution in [0.1, 0.15) is 11.1 Å². The van der Waals surface area contributed by atoms with E-state index in [0.29, 0.717) is 5.02 Å². The number of carbonyl (C=O) groups excluding carboxylic acids is 1. The van der Waals surface area contributed by atoms with Gasteiger partial charge in [0.1, 0.15) is 0 Å². The highest BCUT2D eigenvalue weighted by Crippen LogP contribution is 2.23. The van der Waals surface area contributed by atoms with Crippen LogP contribution in [0, 0.1) is 6.92 Å². The maximum absolute atomic E-state index is 12.2. The molecule has 1 aromatic heterocycles. The zero-order valence-corrected chi connectivity index (χ0v) is 13.3. The van der Waals surface area contributed by atoms with Gasteiger partial charge in [-0.2, -0.15) is 0 Å². The summed E-state index contributed by atoms with van der Waals surface area (Å²) in [6, 6.07) is 15.1. The maximum Gasteiger partial charge on any atom is 0.248 e. The highest BCUT2D eigenvalue weighted by molar-refractivity contribution is 6.32. The van der Waals surface area contributed by atoms with E-state index in [1.165, 1.54) is 6.08 Å². The summed E-state index contributed by atoms with van der Waals surface area (Å²) in [5.41, 5.74) is 3.52. The number of hydrogen-bond donors (Lipinski definition) is 1. The van der Waals surface area contributed by atoms with Gasteiger partial charge in [-0.3, -0.25) is 9.78 Å². The summed E-state index contributed by atoms with van der Waals surface area (Å²) in [6.45, 7) is 2.01. The Morgan fingerprint density at radius 1 is 1.17 bits per heavy atom. The number of anilines is 1. The molecule has 0 fully saturated rings. The molecule has 0 unspecified atom stereocenters. The summed E-state index contributed by atoms with van der Waals surface area (Å²) in [6.07, 6.45) is 4.86. The molecular formula is C19H15ClN2O. The van der Waals surface area contributed by atoms with Crippen LogP contribution < -0.4 is 5.32 Å². The van der Waals surface area contributed by atoms with E-state index in [2.05, 4.69) is 10.3 Å². The number of pyridine rings is 1. The summed E-state index contributed by atoms with van der Waals surface area (Å²) in [4.78, 5) is 16.5. The summed E-state index contributed by atoms with van der Waals surface area (Å²) < 4.78 is 0. The van der Waals surface area contributed by atoms with Crippen molar-refractivity contribution < 1.29 is 4.79 Å². The lowest BCUT2D eigenvalue weighted by molar-refractivity contribution is -0.111. The predicted molar refractivity (Wildman–Crippen MR) is 95.6 cm³/mol. The summed E-state index contributed by atoms with van der Waals surface area (Å²) in [5.74, 6) is -0.209. The first-order valence-corrected chi connectivity index (χ1v) is 7.60. The smallest absolute Gasteiger partial charge is 0.248 e. The normalized spacial score (nSPS) is 11.0. The lowest BCUT2D eigenvalue weighted by Gasteiger charge is -2.07. The van der Waals surface area contributed by atoms with E-state index in [1.54, 1.807) is 24.4 Å². The number of fused-ring (bicyclic) bond motifs is 1. The van der Waals surface area contributed by atoms with Crippen molar-refractivity contribution >= 4 is 40.2 Å². The van der Waals surface area contributed by atoms with Crippen molar-refractivity contribution in [2.75, 3.05) is 5.32 Å². The van der Waals surface area contributed by atoms with Crippen molar-refractivity contribution in [2.24, 2.45) is 0 Å². The molecular weight excluding hydrogens is 308 g/mol. The summed E-state index contributed by atoms with van der Waals surface area (Å²) in [5, 5.41) is 4.43. The van der Waals surface area contributed by atoms with Gasteiger partial charge < -0.3 is 5.32 Å². The second-order valence-electron chi connectivity index (χ2n) is 5.22. The number of rotatable bonds is 3. The van der Waals surface area contributed by atoms with Gasteiger partial charge in [0.25, 0.3) is 0 Å². The number of carbonyl (C=O) groups is 1. The van der Waals surface area contributed by atoms with Gasteiger partial charge in [0.05, 0.1) is 11.2 Å². The van der Waals surface area contributed by atoms with Crippen LogP contribution in [0.2, 0.25) is 5.02 Å². The number of nitrogens with one attached hydrogen (secondary N) is 1. The quantitative estimate of drug-likeness (QED) is 0.700. The van der Waals surface area contributed by atoms with Gasteiger partial charge in [-0.15, -0.1) is 0 Å². The van der Waals surface area contributed by atoms with Crippen LogP contribution in [0.5, 0.6) is 0 Å². The first kappa shape index (κ1) is 15.3. The Labute approximate surface area is 139 Å². The Kier molecular flexibility index (Phi) is 4.40. The molecule has 0 saturated carbocycles. The molecule has 0 aliphatic heterocycles. The third-order valence-electron chi connectivity index (χ3n) is 3.47. The topological polar surface area (TPSA) is 42.0 Å². The van der Waals surface area contributed by atoms with E-state index >= 15 is 0 Å². The molecule has 3 rings (SSSR count). The van der Waals surface area contributed by atoms with E-state index < -0.39 is 0 Å². The number of aryl methyl sites for hydroxylation is 1. The Morgan fingerprint density at radius 3 is 2.83 bits per heavy atom. The monoisotopic (exact) mass is 322 g/mol. The molecule has 0 atom stereocenters. The third-order valence-corrected chi connectivity index (χ3v) is 3.82. The number of aromatic nitrogens is 1. The molecule has 0 bridgehead atoms. The molecule has 23 heavy (non-hydrogen) atoms. The van der Waals surface area contributed by atoms with Gasteiger partial charge in [-0.25, -0.2) is 0 Å². The highest BCUT2D eigenvalue weighted by atomic mass is 35.5. The number of halogens is 1. The van der Waals surface area contributed by atoms with E-state index in [1.807, 2.05) is 43.3 Å². The van der Waals surface area contributed by atoms with Crippen LogP contribution in [0.3, 0.4) is 0 Å².